The maximum absolute atomic E-state index is 12.4. The highest BCUT2D eigenvalue weighted by Gasteiger charge is 2.20. The molecule has 0 rings (SSSR count). The van der Waals surface area contributed by atoms with E-state index in [1.165, 1.54) is 199 Å². The minimum atomic E-state index is -0.670. The Morgan fingerprint density at radius 3 is 1.24 bits per heavy atom. The van der Waals surface area contributed by atoms with Crippen LogP contribution in [-0.4, -0.2) is 47.4 Å². The van der Waals surface area contributed by atoms with E-state index >= 15 is 0 Å². The van der Waals surface area contributed by atoms with Gasteiger partial charge in [-0.25, -0.2) is 0 Å². The normalized spacial score (nSPS) is 12.7. The number of allylic oxidation sites excluding steroid dienone is 2. The average molecular weight is 820 g/mol. The van der Waals surface area contributed by atoms with Crippen molar-refractivity contribution < 1.29 is 24.5 Å². The molecule has 0 aliphatic carbocycles. The van der Waals surface area contributed by atoms with Crippen LogP contribution in [0.15, 0.2) is 12.2 Å². The zero-order valence-corrected chi connectivity index (χ0v) is 39.0. The molecule has 0 saturated heterocycles. The summed E-state index contributed by atoms with van der Waals surface area (Å²) >= 11 is 0. The van der Waals surface area contributed by atoms with Crippen LogP contribution in [-0.2, 0) is 14.3 Å². The van der Waals surface area contributed by atoms with Gasteiger partial charge in [0.1, 0.15) is 0 Å². The first-order valence-corrected chi connectivity index (χ1v) is 25.9. The van der Waals surface area contributed by atoms with Crippen LogP contribution < -0.4 is 5.32 Å². The van der Waals surface area contributed by atoms with E-state index < -0.39 is 12.1 Å². The fourth-order valence-electron chi connectivity index (χ4n) is 8.05. The quantitative estimate of drug-likeness (QED) is 0.0323. The summed E-state index contributed by atoms with van der Waals surface area (Å²) in [6, 6.07) is -0.548. The topological polar surface area (TPSA) is 95.9 Å². The van der Waals surface area contributed by atoms with Gasteiger partial charge in [0.2, 0.25) is 5.91 Å². The third kappa shape index (κ3) is 44.2. The highest BCUT2D eigenvalue weighted by molar-refractivity contribution is 5.76. The molecule has 0 aliphatic heterocycles. The molecule has 0 heterocycles. The standard InChI is InChI=1S/C52H101NO5/c1-3-5-7-9-11-13-15-17-21-24-28-32-36-40-44-50(55)49(48-54)53-51(56)45-41-37-33-29-25-22-18-19-23-27-31-35-39-43-47-58-52(57)46-42-38-34-30-26-20-16-14-12-10-8-6-4-2/h14,16,49-50,54-55H,3-13,15,17-48H2,1-2H3,(H,53,56)/b16-14-. The van der Waals surface area contributed by atoms with Gasteiger partial charge in [-0.2, -0.15) is 0 Å². The zero-order chi connectivity index (χ0) is 42.3. The second-order valence-corrected chi connectivity index (χ2v) is 17.9. The summed E-state index contributed by atoms with van der Waals surface area (Å²) in [6.07, 6.45) is 54.6. The highest BCUT2D eigenvalue weighted by Crippen LogP contribution is 2.17. The van der Waals surface area contributed by atoms with E-state index in [4.69, 9.17) is 4.74 Å². The fraction of sp³-hybridized carbons (Fsp3) is 0.923. The van der Waals surface area contributed by atoms with Gasteiger partial charge in [0.05, 0.1) is 25.4 Å². The lowest BCUT2D eigenvalue weighted by atomic mass is 10.0. The van der Waals surface area contributed by atoms with Gasteiger partial charge in [0, 0.05) is 12.8 Å². The first-order valence-electron chi connectivity index (χ1n) is 25.9. The van der Waals surface area contributed by atoms with Crippen molar-refractivity contribution in [1.82, 2.24) is 5.32 Å². The van der Waals surface area contributed by atoms with Crippen LogP contribution in [0.5, 0.6) is 0 Å². The number of carbonyl (C=O) groups excluding carboxylic acids is 2. The van der Waals surface area contributed by atoms with E-state index in [0.29, 0.717) is 25.9 Å². The van der Waals surface area contributed by atoms with Crippen LogP contribution in [0.1, 0.15) is 284 Å². The number of ether oxygens (including phenoxy) is 1. The largest absolute Gasteiger partial charge is 0.466 e. The van der Waals surface area contributed by atoms with E-state index in [9.17, 15) is 19.8 Å². The fourth-order valence-corrected chi connectivity index (χ4v) is 8.05. The third-order valence-corrected chi connectivity index (χ3v) is 12.1. The molecule has 0 fully saturated rings. The van der Waals surface area contributed by atoms with Gasteiger partial charge in [-0.05, 0) is 51.4 Å². The summed E-state index contributed by atoms with van der Waals surface area (Å²) in [6.45, 7) is 4.92. The Labute approximate surface area is 361 Å². The molecule has 0 aromatic carbocycles. The van der Waals surface area contributed by atoms with Crippen LogP contribution in [0.3, 0.4) is 0 Å². The summed E-state index contributed by atoms with van der Waals surface area (Å²) < 4.78 is 5.45. The number of carbonyl (C=O) groups is 2. The predicted octanol–water partition coefficient (Wildman–Crippen LogP) is 15.3. The molecule has 0 aromatic rings. The second-order valence-electron chi connectivity index (χ2n) is 17.9. The third-order valence-electron chi connectivity index (χ3n) is 12.1. The minimum absolute atomic E-state index is 0.0112. The van der Waals surface area contributed by atoms with Gasteiger partial charge in [-0.3, -0.25) is 9.59 Å². The van der Waals surface area contributed by atoms with Crippen LogP contribution in [0.4, 0.5) is 0 Å². The SMILES string of the molecule is CCCCCC/C=C\CCCCCCCC(=O)OCCCCCCCCCCCCCCCCC(=O)NC(CO)C(O)CCCCCCCCCCCCCCCC. The second kappa shape index (κ2) is 48.3. The number of amides is 1. The van der Waals surface area contributed by atoms with Gasteiger partial charge < -0.3 is 20.3 Å². The van der Waals surface area contributed by atoms with Gasteiger partial charge >= 0.3 is 5.97 Å². The first kappa shape index (κ1) is 56.6. The molecule has 3 N–H and O–H groups in total. The number of hydrogen-bond donors (Lipinski definition) is 3. The van der Waals surface area contributed by atoms with Crippen LogP contribution in [0.2, 0.25) is 0 Å². The molecule has 0 aromatic heterocycles. The number of aliphatic hydroxyl groups is 2. The number of esters is 1. The lowest BCUT2D eigenvalue weighted by molar-refractivity contribution is -0.143. The molecule has 1 amide bonds. The Kier molecular flexibility index (Phi) is 47.1. The maximum atomic E-state index is 12.4. The summed E-state index contributed by atoms with van der Waals surface area (Å²) in [5.41, 5.74) is 0. The molecule has 6 heteroatoms. The number of unbranched alkanes of at least 4 members (excludes halogenated alkanes) is 35. The van der Waals surface area contributed by atoms with Gasteiger partial charge in [-0.1, -0.05) is 231 Å². The van der Waals surface area contributed by atoms with E-state index in [0.717, 1.165) is 51.4 Å². The number of nitrogens with one attached hydrogen (secondary N) is 1. The Morgan fingerprint density at radius 2 is 0.810 bits per heavy atom. The molecule has 2 atom stereocenters. The molecule has 58 heavy (non-hydrogen) atoms. The summed E-state index contributed by atoms with van der Waals surface area (Å²) in [5.74, 6) is -0.0561. The van der Waals surface area contributed by atoms with E-state index in [1.807, 2.05) is 0 Å². The van der Waals surface area contributed by atoms with Crippen molar-refractivity contribution in [2.75, 3.05) is 13.2 Å². The minimum Gasteiger partial charge on any atom is -0.466 e. The monoisotopic (exact) mass is 820 g/mol. The van der Waals surface area contributed by atoms with Gasteiger partial charge in [-0.15, -0.1) is 0 Å². The number of rotatable bonds is 48. The molecular weight excluding hydrogens is 719 g/mol. The first-order chi connectivity index (χ1) is 28.5. The average Bonchev–Trinajstić information content (AvgIpc) is 3.22. The van der Waals surface area contributed by atoms with E-state index in [2.05, 4.69) is 31.3 Å². The van der Waals surface area contributed by atoms with Crippen molar-refractivity contribution in [3.63, 3.8) is 0 Å². The molecule has 0 radical (unpaired) electrons. The van der Waals surface area contributed by atoms with Crippen LogP contribution in [0.25, 0.3) is 0 Å². The van der Waals surface area contributed by atoms with Crippen molar-refractivity contribution in [3.8, 4) is 0 Å². The van der Waals surface area contributed by atoms with Crippen molar-refractivity contribution in [2.24, 2.45) is 0 Å². The number of hydrogen-bond acceptors (Lipinski definition) is 5. The summed E-state index contributed by atoms with van der Waals surface area (Å²) in [4.78, 5) is 24.4. The van der Waals surface area contributed by atoms with Crippen LogP contribution in [0, 0.1) is 0 Å². The summed E-state index contributed by atoms with van der Waals surface area (Å²) in [5, 5.41) is 23.2. The lowest BCUT2D eigenvalue weighted by Gasteiger charge is -2.22. The zero-order valence-electron chi connectivity index (χ0n) is 39.0. The van der Waals surface area contributed by atoms with Gasteiger partial charge in [0.25, 0.3) is 0 Å². The molecule has 6 nitrogen and oxygen atoms in total. The maximum Gasteiger partial charge on any atom is 0.305 e. The van der Waals surface area contributed by atoms with E-state index in [1.54, 1.807) is 0 Å². The Morgan fingerprint density at radius 1 is 0.466 bits per heavy atom. The van der Waals surface area contributed by atoms with Crippen molar-refractivity contribution in [1.29, 1.82) is 0 Å². The van der Waals surface area contributed by atoms with Crippen molar-refractivity contribution in [3.05, 3.63) is 12.2 Å². The van der Waals surface area contributed by atoms with E-state index in [-0.39, 0.29) is 18.5 Å². The molecule has 344 valence electrons. The smallest absolute Gasteiger partial charge is 0.305 e. The molecule has 0 saturated carbocycles. The molecule has 0 spiro atoms. The Balaban J connectivity index is 3.44. The predicted molar refractivity (Wildman–Crippen MR) is 250 cm³/mol. The molecule has 0 bridgehead atoms. The lowest BCUT2D eigenvalue weighted by Crippen LogP contribution is -2.45. The van der Waals surface area contributed by atoms with Gasteiger partial charge in [0.15, 0.2) is 0 Å². The Bertz CT molecular complexity index is 863. The molecular formula is C52H101NO5. The van der Waals surface area contributed by atoms with Crippen molar-refractivity contribution >= 4 is 11.9 Å². The molecule has 0 aliphatic rings. The van der Waals surface area contributed by atoms with Crippen LogP contribution >= 0.6 is 0 Å². The molecule has 2 unspecified atom stereocenters. The summed E-state index contributed by atoms with van der Waals surface area (Å²) in [7, 11) is 0. The number of aliphatic hydroxyl groups excluding tert-OH is 2. The van der Waals surface area contributed by atoms with Crippen molar-refractivity contribution in [2.45, 2.75) is 296 Å². The Hall–Kier alpha value is -1.40. The highest BCUT2D eigenvalue weighted by atomic mass is 16.5.